The largest absolute Gasteiger partial charge is 0.495 e. The predicted octanol–water partition coefficient (Wildman–Crippen LogP) is 3.73. The Labute approximate surface area is 145 Å². The molecule has 0 radical (unpaired) electrons. The topological polar surface area (TPSA) is 58.6 Å². The number of hydrogen-bond donors (Lipinski definition) is 1. The highest BCUT2D eigenvalue weighted by molar-refractivity contribution is 6.32. The van der Waals surface area contributed by atoms with E-state index in [-0.39, 0.29) is 11.8 Å². The standard InChI is InChI=1S/C18H17ClN2O3/c1-24-16-9-6-13(11-15(16)19)20-18(23)12-4-7-14(8-5-12)21-10-2-3-17(21)22/h4-9,11H,2-3,10H2,1H3,(H,20,23). The molecule has 5 nitrogen and oxygen atoms in total. The number of halogens is 1. The summed E-state index contributed by atoms with van der Waals surface area (Å²) in [5.41, 5.74) is 1.92. The Morgan fingerprint density at radius 1 is 1.21 bits per heavy atom. The lowest BCUT2D eigenvalue weighted by Crippen LogP contribution is -2.23. The molecule has 124 valence electrons. The summed E-state index contributed by atoms with van der Waals surface area (Å²) in [7, 11) is 1.53. The van der Waals surface area contributed by atoms with Gasteiger partial charge in [0.1, 0.15) is 5.75 Å². The molecule has 1 aliphatic heterocycles. The Bertz CT molecular complexity index is 774. The summed E-state index contributed by atoms with van der Waals surface area (Å²) in [6.07, 6.45) is 1.46. The highest BCUT2D eigenvalue weighted by Gasteiger charge is 2.21. The van der Waals surface area contributed by atoms with Crippen LogP contribution in [0.4, 0.5) is 11.4 Å². The number of rotatable bonds is 4. The van der Waals surface area contributed by atoms with Gasteiger partial charge in [0.15, 0.2) is 0 Å². The van der Waals surface area contributed by atoms with E-state index in [1.807, 2.05) is 0 Å². The van der Waals surface area contributed by atoms with Gasteiger partial charge in [0.25, 0.3) is 5.91 Å². The molecule has 24 heavy (non-hydrogen) atoms. The minimum absolute atomic E-state index is 0.125. The summed E-state index contributed by atoms with van der Waals surface area (Å²) in [6, 6.07) is 12.1. The predicted molar refractivity (Wildman–Crippen MR) is 94.0 cm³/mol. The van der Waals surface area contributed by atoms with Gasteiger partial charge in [0.05, 0.1) is 12.1 Å². The smallest absolute Gasteiger partial charge is 0.255 e. The molecule has 2 aromatic rings. The Morgan fingerprint density at radius 2 is 1.96 bits per heavy atom. The first kappa shape index (κ1) is 16.3. The van der Waals surface area contributed by atoms with Crippen molar-refractivity contribution in [1.82, 2.24) is 0 Å². The lowest BCUT2D eigenvalue weighted by Gasteiger charge is -2.16. The molecule has 1 N–H and O–H groups in total. The monoisotopic (exact) mass is 344 g/mol. The molecule has 0 aromatic heterocycles. The Kier molecular flexibility index (Phi) is 4.71. The third kappa shape index (κ3) is 3.36. The third-order valence-electron chi connectivity index (χ3n) is 3.92. The van der Waals surface area contributed by atoms with Crippen molar-refractivity contribution in [3.63, 3.8) is 0 Å². The first-order chi connectivity index (χ1) is 11.6. The summed E-state index contributed by atoms with van der Waals surface area (Å²) in [4.78, 5) is 25.8. The van der Waals surface area contributed by atoms with Crippen LogP contribution in [0.25, 0.3) is 0 Å². The van der Waals surface area contributed by atoms with Crippen LogP contribution in [-0.4, -0.2) is 25.5 Å². The molecule has 1 fully saturated rings. The minimum Gasteiger partial charge on any atom is -0.495 e. The van der Waals surface area contributed by atoms with Crippen LogP contribution in [-0.2, 0) is 4.79 Å². The van der Waals surface area contributed by atoms with Gasteiger partial charge in [-0.1, -0.05) is 11.6 Å². The Morgan fingerprint density at radius 3 is 2.54 bits per heavy atom. The van der Waals surface area contributed by atoms with Crippen LogP contribution in [0.1, 0.15) is 23.2 Å². The van der Waals surface area contributed by atoms with E-state index >= 15 is 0 Å². The van der Waals surface area contributed by atoms with Crippen LogP contribution in [0.3, 0.4) is 0 Å². The second-order valence-electron chi connectivity index (χ2n) is 5.50. The maximum atomic E-state index is 12.3. The van der Waals surface area contributed by atoms with Gasteiger partial charge in [-0.15, -0.1) is 0 Å². The summed E-state index contributed by atoms with van der Waals surface area (Å²) in [5, 5.41) is 3.22. The van der Waals surface area contributed by atoms with Gasteiger partial charge < -0.3 is 15.0 Å². The molecule has 2 amide bonds. The van der Waals surface area contributed by atoms with E-state index < -0.39 is 0 Å². The molecule has 1 aliphatic rings. The van der Waals surface area contributed by atoms with Crippen molar-refractivity contribution in [1.29, 1.82) is 0 Å². The molecule has 1 heterocycles. The zero-order chi connectivity index (χ0) is 17.1. The molecule has 1 saturated heterocycles. The van der Waals surface area contributed by atoms with E-state index in [0.717, 1.165) is 18.7 Å². The summed E-state index contributed by atoms with van der Waals surface area (Å²) < 4.78 is 5.08. The highest BCUT2D eigenvalue weighted by atomic mass is 35.5. The number of hydrogen-bond acceptors (Lipinski definition) is 3. The van der Waals surface area contributed by atoms with E-state index in [0.29, 0.717) is 28.4 Å². The number of anilines is 2. The molecule has 0 unspecified atom stereocenters. The summed E-state index contributed by atoms with van der Waals surface area (Å²) >= 11 is 6.05. The molecule has 6 heteroatoms. The van der Waals surface area contributed by atoms with Crippen molar-refractivity contribution in [2.24, 2.45) is 0 Å². The molecular formula is C18H17ClN2O3. The van der Waals surface area contributed by atoms with Gasteiger partial charge >= 0.3 is 0 Å². The van der Waals surface area contributed by atoms with Gasteiger partial charge in [-0.25, -0.2) is 0 Å². The van der Waals surface area contributed by atoms with Gasteiger partial charge in [-0.05, 0) is 48.9 Å². The molecule has 3 rings (SSSR count). The fourth-order valence-corrected chi connectivity index (χ4v) is 2.92. The molecule has 0 bridgehead atoms. The van der Waals surface area contributed by atoms with Crippen molar-refractivity contribution in [2.45, 2.75) is 12.8 Å². The highest BCUT2D eigenvalue weighted by Crippen LogP contribution is 2.27. The molecular weight excluding hydrogens is 328 g/mol. The molecule has 2 aromatic carbocycles. The molecule has 0 aliphatic carbocycles. The van der Waals surface area contributed by atoms with Crippen LogP contribution < -0.4 is 15.0 Å². The number of carbonyl (C=O) groups excluding carboxylic acids is 2. The van der Waals surface area contributed by atoms with E-state index in [1.165, 1.54) is 7.11 Å². The number of nitrogens with one attached hydrogen (secondary N) is 1. The van der Waals surface area contributed by atoms with Crippen molar-refractivity contribution in [3.8, 4) is 5.75 Å². The summed E-state index contributed by atoms with van der Waals surface area (Å²) in [5.74, 6) is 0.435. The average Bonchev–Trinajstić information content (AvgIpc) is 3.01. The second kappa shape index (κ2) is 6.93. The summed E-state index contributed by atoms with van der Waals surface area (Å²) in [6.45, 7) is 0.731. The van der Waals surface area contributed by atoms with E-state index in [9.17, 15) is 9.59 Å². The maximum absolute atomic E-state index is 12.3. The van der Waals surface area contributed by atoms with Crippen molar-refractivity contribution in [2.75, 3.05) is 23.9 Å². The molecule has 0 saturated carbocycles. The minimum atomic E-state index is -0.240. The number of methoxy groups -OCH3 is 1. The second-order valence-corrected chi connectivity index (χ2v) is 5.91. The van der Waals surface area contributed by atoms with Gasteiger partial charge in [-0.2, -0.15) is 0 Å². The number of nitrogens with zero attached hydrogens (tertiary/aromatic N) is 1. The Balaban J connectivity index is 1.71. The van der Waals surface area contributed by atoms with Crippen molar-refractivity contribution in [3.05, 3.63) is 53.1 Å². The lowest BCUT2D eigenvalue weighted by molar-refractivity contribution is -0.117. The maximum Gasteiger partial charge on any atom is 0.255 e. The zero-order valence-electron chi connectivity index (χ0n) is 13.2. The van der Waals surface area contributed by atoms with Gasteiger partial charge in [0.2, 0.25) is 5.91 Å². The average molecular weight is 345 g/mol. The van der Waals surface area contributed by atoms with Crippen molar-refractivity contribution < 1.29 is 14.3 Å². The van der Waals surface area contributed by atoms with Crippen LogP contribution in [0.2, 0.25) is 5.02 Å². The van der Waals surface area contributed by atoms with E-state index in [4.69, 9.17) is 16.3 Å². The van der Waals surface area contributed by atoms with Crippen LogP contribution >= 0.6 is 11.6 Å². The normalized spacial score (nSPS) is 13.9. The van der Waals surface area contributed by atoms with Crippen LogP contribution in [0.15, 0.2) is 42.5 Å². The fourth-order valence-electron chi connectivity index (χ4n) is 2.66. The van der Waals surface area contributed by atoms with E-state index in [1.54, 1.807) is 47.4 Å². The number of ether oxygens (including phenoxy) is 1. The quantitative estimate of drug-likeness (QED) is 0.919. The zero-order valence-corrected chi connectivity index (χ0v) is 14.0. The lowest BCUT2D eigenvalue weighted by atomic mass is 10.1. The SMILES string of the molecule is COc1ccc(NC(=O)c2ccc(N3CCCC3=O)cc2)cc1Cl. The van der Waals surface area contributed by atoms with Crippen LogP contribution in [0.5, 0.6) is 5.75 Å². The number of benzene rings is 2. The van der Waals surface area contributed by atoms with E-state index in [2.05, 4.69) is 5.32 Å². The number of amides is 2. The van der Waals surface area contributed by atoms with Gasteiger partial charge in [-0.3, -0.25) is 9.59 Å². The van der Waals surface area contributed by atoms with Crippen LogP contribution in [0, 0.1) is 0 Å². The molecule has 0 spiro atoms. The molecule has 0 atom stereocenters. The van der Waals surface area contributed by atoms with Crippen molar-refractivity contribution >= 4 is 34.8 Å². The Hall–Kier alpha value is -2.53. The fraction of sp³-hybridized carbons (Fsp3) is 0.222. The first-order valence-corrected chi connectivity index (χ1v) is 8.01. The number of carbonyl (C=O) groups is 2. The first-order valence-electron chi connectivity index (χ1n) is 7.64. The third-order valence-corrected chi connectivity index (χ3v) is 4.22. The van der Waals surface area contributed by atoms with Gasteiger partial charge in [0, 0.05) is 29.9 Å².